The monoisotopic (exact) mass is 579 g/mol. The number of aliphatic carboxylic acids is 1. The van der Waals surface area contributed by atoms with Crippen molar-refractivity contribution in [3.05, 3.63) is 89.5 Å². The highest BCUT2D eigenvalue weighted by molar-refractivity contribution is 8.13. The Balaban J connectivity index is 1.67. The van der Waals surface area contributed by atoms with Gasteiger partial charge in [0.15, 0.2) is 5.79 Å². The molecule has 8 heteroatoms. The van der Waals surface area contributed by atoms with Crippen LogP contribution in [0.15, 0.2) is 78.4 Å². The van der Waals surface area contributed by atoms with E-state index in [9.17, 15) is 14.7 Å². The molecule has 4 atom stereocenters. The Morgan fingerprint density at radius 2 is 1.90 bits per heavy atom. The fourth-order valence-electron chi connectivity index (χ4n) is 6.05. The van der Waals surface area contributed by atoms with E-state index in [0.717, 1.165) is 29.7 Å². The summed E-state index contributed by atoms with van der Waals surface area (Å²) in [6.07, 6.45) is 5.38. The number of carboxylic acid groups (broad SMARTS) is 1. The van der Waals surface area contributed by atoms with Gasteiger partial charge in [-0.2, -0.15) is 0 Å². The minimum Gasteiger partial charge on any atom is -0.497 e. The van der Waals surface area contributed by atoms with Crippen molar-refractivity contribution in [1.82, 2.24) is 4.90 Å². The van der Waals surface area contributed by atoms with Crippen LogP contribution in [0.25, 0.3) is 0 Å². The first kappa shape index (κ1) is 30.9. The summed E-state index contributed by atoms with van der Waals surface area (Å²) in [4.78, 5) is 27.7. The molecule has 0 aromatic heterocycles. The standard InChI is InChI=1S/C33H41NO6S/c1-5-6-10-23(2)30(31(35)36)26-19-28(18-13-24-11-8-7-9-12-24)40-33(20-26,39-4)29-22-41-32(37)34(29)21-25-14-16-27(38-3)17-15-25/h5,7-9,11-12,14-17,26,28-29H,1,6,10,13,18-22H2,2-4H3,(H,35,36)/t26-,28-,29+,33-/m1/s1. The minimum absolute atomic E-state index is 0.0371. The molecule has 1 N–H and O–H groups in total. The summed E-state index contributed by atoms with van der Waals surface area (Å²) in [5.74, 6) is -1.08. The number of hydrogen-bond acceptors (Lipinski definition) is 6. The van der Waals surface area contributed by atoms with E-state index in [0.29, 0.717) is 43.6 Å². The molecule has 7 nitrogen and oxygen atoms in total. The molecule has 41 heavy (non-hydrogen) atoms. The van der Waals surface area contributed by atoms with Gasteiger partial charge in [-0.15, -0.1) is 6.58 Å². The molecule has 4 rings (SSSR count). The van der Waals surface area contributed by atoms with Crippen LogP contribution in [0.3, 0.4) is 0 Å². The van der Waals surface area contributed by atoms with Crippen molar-refractivity contribution in [2.75, 3.05) is 20.0 Å². The number of carboxylic acids is 1. The van der Waals surface area contributed by atoms with Crippen LogP contribution in [-0.4, -0.2) is 59.1 Å². The summed E-state index contributed by atoms with van der Waals surface area (Å²) in [7, 11) is 3.24. The Bertz CT molecular complexity index is 1230. The lowest BCUT2D eigenvalue weighted by Gasteiger charge is -2.49. The lowest BCUT2D eigenvalue weighted by atomic mass is 9.78. The second kappa shape index (κ2) is 14.2. The van der Waals surface area contributed by atoms with Crippen LogP contribution < -0.4 is 4.74 Å². The maximum Gasteiger partial charge on any atom is 0.331 e. The SMILES string of the molecule is C=CCCC(C)=C(C(=O)O)[C@@H]1C[C@@H](CCc2ccccc2)O[C@@](OC)([C@@H]2CSC(=O)N2Cc2ccc(OC)cc2)C1. The van der Waals surface area contributed by atoms with Crippen molar-refractivity contribution in [1.29, 1.82) is 0 Å². The molecule has 2 aliphatic heterocycles. The second-order valence-electron chi connectivity index (χ2n) is 10.8. The molecular formula is C33H41NO6S. The van der Waals surface area contributed by atoms with Gasteiger partial charge in [0, 0.05) is 31.4 Å². The second-order valence-corrected chi connectivity index (χ2v) is 11.8. The number of carbonyl (C=O) groups is 2. The first-order chi connectivity index (χ1) is 19.8. The number of thioether (sulfide) groups is 1. The highest BCUT2D eigenvalue weighted by Gasteiger charge is 2.54. The molecular weight excluding hydrogens is 538 g/mol. The van der Waals surface area contributed by atoms with Gasteiger partial charge in [0.1, 0.15) is 5.75 Å². The molecule has 2 aliphatic rings. The van der Waals surface area contributed by atoms with Gasteiger partial charge in [-0.1, -0.05) is 65.9 Å². The lowest BCUT2D eigenvalue weighted by Crippen LogP contribution is -2.59. The molecule has 2 aromatic carbocycles. The number of aryl methyl sites for hydroxylation is 1. The summed E-state index contributed by atoms with van der Waals surface area (Å²) in [5.41, 5.74) is 3.45. The van der Waals surface area contributed by atoms with E-state index < -0.39 is 11.8 Å². The molecule has 0 radical (unpaired) electrons. The Labute approximate surface area is 247 Å². The number of methoxy groups -OCH3 is 2. The maximum atomic E-state index is 13.2. The Morgan fingerprint density at radius 3 is 2.54 bits per heavy atom. The number of rotatable bonds is 13. The third kappa shape index (κ3) is 7.42. The molecule has 0 unspecified atom stereocenters. The van der Waals surface area contributed by atoms with Crippen molar-refractivity contribution in [3.63, 3.8) is 0 Å². The van der Waals surface area contributed by atoms with Gasteiger partial charge >= 0.3 is 5.97 Å². The van der Waals surface area contributed by atoms with E-state index >= 15 is 0 Å². The van der Waals surface area contributed by atoms with Gasteiger partial charge in [0.2, 0.25) is 0 Å². The zero-order valence-corrected chi connectivity index (χ0v) is 25.0. The molecule has 2 fully saturated rings. The van der Waals surface area contributed by atoms with Crippen molar-refractivity contribution < 1.29 is 28.9 Å². The zero-order valence-electron chi connectivity index (χ0n) is 24.2. The van der Waals surface area contributed by atoms with Crippen LogP contribution in [0.2, 0.25) is 0 Å². The van der Waals surface area contributed by atoms with Gasteiger partial charge in [0.25, 0.3) is 5.24 Å². The number of benzene rings is 2. The van der Waals surface area contributed by atoms with E-state index in [-0.39, 0.29) is 23.3 Å². The largest absolute Gasteiger partial charge is 0.497 e. The summed E-state index contributed by atoms with van der Waals surface area (Å²) < 4.78 is 18.4. The van der Waals surface area contributed by atoms with Gasteiger partial charge in [0.05, 0.1) is 19.3 Å². The fourth-order valence-corrected chi connectivity index (χ4v) is 7.14. The van der Waals surface area contributed by atoms with E-state index in [1.54, 1.807) is 14.2 Å². The summed E-state index contributed by atoms with van der Waals surface area (Å²) in [6, 6.07) is 17.5. The van der Waals surface area contributed by atoms with Gasteiger partial charge in [-0.05, 0) is 68.2 Å². The van der Waals surface area contributed by atoms with Crippen LogP contribution in [-0.2, 0) is 27.2 Å². The quantitative estimate of drug-likeness (QED) is 0.205. The molecule has 2 aromatic rings. The zero-order chi connectivity index (χ0) is 29.4. The molecule has 0 aliphatic carbocycles. The van der Waals surface area contributed by atoms with Crippen molar-refractivity contribution in [2.45, 2.75) is 69.9 Å². The topological polar surface area (TPSA) is 85.3 Å². The number of hydrogen-bond donors (Lipinski definition) is 1. The van der Waals surface area contributed by atoms with Crippen LogP contribution >= 0.6 is 11.8 Å². The molecule has 220 valence electrons. The maximum absolute atomic E-state index is 13.2. The Hall–Kier alpha value is -3.07. The normalized spacial score (nSPS) is 25.1. The molecule has 0 bridgehead atoms. The Kier molecular flexibility index (Phi) is 10.7. The summed E-state index contributed by atoms with van der Waals surface area (Å²) in [5, 5.41) is 10.3. The summed E-state index contributed by atoms with van der Waals surface area (Å²) >= 11 is 1.26. The molecule has 0 spiro atoms. The number of amides is 1. The molecule has 1 amide bonds. The van der Waals surface area contributed by atoms with Crippen molar-refractivity contribution >= 4 is 23.0 Å². The average molecular weight is 580 g/mol. The van der Waals surface area contributed by atoms with E-state index in [2.05, 4.69) is 18.7 Å². The van der Waals surface area contributed by atoms with Crippen LogP contribution in [0.4, 0.5) is 4.79 Å². The fraction of sp³-hybridized carbons (Fsp3) is 0.455. The number of ether oxygens (including phenoxy) is 3. The van der Waals surface area contributed by atoms with E-state index in [4.69, 9.17) is 14.2 Å². The minimum atomic E-state index is -1.14. The average Bonchev–Trinajstić information content (AvgIpc) is 3.35. The third-order valence-corrected chi connectivity index (χ3v) is 9.17. The number of nitrogens with zero attached hydrogens (tertiary/aromatic N) is 1. The van der Waals surface area contributed by atoms with Crippen LogP contribution in [0.5, 0.6) is 5.75 Å². The third-order valence-electron chi connectivity index (χ3n) is 8.20. The highest BCUT2D eigenvalue weighted by Crippen LogP contribution is 2.46. The highest BCUT2D eigenvalue weighted by atomic mass is 32.2. The number of carbonyl (C=O) groups excluding carboxylic acids is 1. The summed E-state index contributed by atoms with van der Waals surface area (Å²) in [6.45, 7) is 6.11. The van der Waals surface area contributed by atoms with Crippen LogP contribution in [0.1, 0.15) is 50.2 Å². The van der Waals surface area contributed by atoms with Gasteiger partial charge in [-0.25, -0.2) is 4.79 Å². The molecule has 0 saturated carbocycles. The van der Waals surface area contributed by atoms with Crippen molar-refractivity contribution in [3.8, 4) is 5.75 Å². The number of allylic oxidation sites excluding steroid dienone is 2. The first-order valence-corrected chi connectivity index (χ1v) is 15.2. The van der Waals surface area contributed by atoms with Crippen LogP contribution in [0, 0.1) is 5.92 Å². The first-order valence-electron chi connectivity index (χ1n) is 14.2. The predicted molar refractivity (Wildman–Crippen MR) is 162 cm³/mol. The van der Waals surface area contributed by atoms with E-state index in [1.165, 1.54) is 17.3 Å². The smallest absolute Gasteiger partial charge is 0.331 e. The van der Waals surface area contributed by atoms with E-state index in [1.807, 2.05) is 60.4 Å². The molecule has 2 saturated heterocycles. The molecule has 2 heterocycles. The lowest BCUT2D eigenvalue weighted by molar-refractivity contribution is -0.297. The van der Waals surface area contributed by atoms with Crippen molar-refractivity contribution in [2.24, 2.45) is 5.92 Å². The Morgan fingerprint density at radius 1 is 1.17 bits per heavy atom. The van der Waals surface area contributed by atoms with Gasteiger partial charge < -0.3 is 24.2 Å². The predicted octanol–water partition coefficient (Wildman–Crippen LogP) is 6.87. The van der Waals surface area contributed by atoms with Gasteiger partial charge in [-0.3, -0.25) is 4.79 Å².